The molecule has 4 rings (SSSR count). The lowest BCUT2D eigenvalue weighted by Crippen LogP contribution is -2.44. The van der Waals surface area contributed by atoms with Crippen LogP contribution in [0.1, 0.15) is 25.0 Å². The Morgan fingerprint density at radius 3 is 2.96 bits per heavy atom. The number of aliphatic carboxylic acids is 1. The Morgan fingerprint density at radius 2 is 2.17 bits per heavy atom. The molecule has 1 saturated carbocycles. The fraction of sp³-hybridized carbons (Fsp3) is 0.471. The first-order chi connectivity index (χ1) is 11.1. The van der Waals surface area contributed by atoms with Gasteiger partial charge in [0, 0.05) is 18.9 Å². The van der Waals surface area contributed by atoms with Gasteiger partial charge in [-0.1, -0.05) is 12.5 Å². The average Bonchev–Trinajstić information content (AvgIpc) is 3.18. The Hall–Kier alpha value is -2.37. The molecule has 23 heavy (non-hydrogen) atoms. The third kappa shape index (κ3) is 2.38. The molecule has 1 N–H and O–H groups in total. The molecule has 2 fully saturated rings. The van der Waals surface area contributed by atoms with E-state index in [1.54, 1.807) is 4.90 Å². The molecule has 2 aliphatic rings. The number of carbonyl (C=O) groups is 2. The fourth-order valence-electron chi connectivity index (χ4n) is 4.21. The van der Waals surface area contributed by atoms with E-state index in [4.69, 9.17) is 0 Å². The highest BCUT2D eigenvalue weighted by Crippen LogP contribution is 2.42. The van der Waals surface area contributed by atoms with E-state index in [9.17, 15) is 14.7 Å². The van der Waals surface area contributed by atoms with Crippen LogP contribution in [0.2, 0.25) is 0 Å². The summed E-state index contributed by atoms with van der Waals surface area (Å²) in [7, 11) is 0. The average molecular weight is 313 g/mol. The number of carbonyl (C=O) groups excluding carboxylic acids is 1. The van der Waals surface area contributed by atoms with Gasteiger partial charge in [-0.05, 0) is 36.8 Å². The zero-order valence-electron chi connectivity index (χ0n) is 12.8. The van der Waals surface area contributed by atoms with E-state index < -0.39 is 12.0 Å². The summed E-state index contributed by atoms with van der Waals surface area (Å²) in [5.41, 5.74) is 1.48. The minimum absolute atomic E-state index is 0.123. The highest BCUT2D eigenvalue weighted by molar-refractivity contribution is 5.86. The van der Waals surface area contributed by atoms with E-state index in [0.29, 0.717) is 18.2 Å². The van der Waals surface area contributed by atoms with E-state index in [1.807, 2.05) is 35.0 Å². The van der Waals surface area contributed by atoms with Gasteiger partial charge >= 0.3 is 5.97 Å². The summed E-state index contributed by atoms with van der Waals surface area (Å²) in [6.45, 7) is 0.577. The van der Waals surface area contributed by atoms with Crippen molar-refractivity contribution < 1.29 is 14.7 Å². The first-order valence-electron chi connectivity index (χ1n) is 8.08. The maximum absolute atomic E-state index is 12.7. The van der Waals surface area contributed by atoms with Crippen molar-refractivity contribution in [3.05, 3.63) is 36.3 Å². The molecule has 2 aromatic rings. The van der Waals surface area contributed by atoms with Gasteiger partial charge in [0.2, 0.25) is 5.91 Å². The summed E-state index contributed by atoms with van der Waals surface area (Å²) in [6, 6.07) is 5.03. The molecule has 1 saturated heterocycles. The second kappa shape index (κ2) is 5.37. The number of rotatable bonds is 3. The number of imidazole rings is 1. The van der Waals surface area contributed by atoms with Crippen LogP contribution in [0.15, 0.2) is 30.6 Å². The van der Waals surface area contributed by atoms with Crippen molar-refractivity contribution in [1.82, 2.24) is 14.3 Å². The number of amides is 1. The predicted octanol–water partition coefficient (Wildman–Crippen LogP) is 1.59. The molecule has 6 heteroatoms. The molecule has 3 heterocycles. The molecule has 120 valence electrons. The number of hydrogen-bond acceptors (Lipinski definition) is 3. The van der Waals surface area contributed by atoms with Crippen LogP contribution in [0.3, 0.4) is 0 Å². The second-order valence-electron chi connectivity index (χ2n) is 6.56. The summed E-state index contributed by atoms with van der Waals surface area (Å²) in [5, 5.41) is 9.55. The Labute approximate surface area is 133 Å². The van der Waals surface area contributed by atoms with Crippen LogP contribution < -0.4 is 0 Å². The largest absolute Gasteiger partial charge is 0.480 e. The minimum Gasteiger partial charge on any atom is -0.480 e. The third-order valence-corrected chi connectivity index (χ3v) is 5.21. The molecule has 1 amide bonds. The minimum atomic E-state index is -0.872. The van der Waals surface area contributed by atoms with Crippen LogP contribution in [0, 0.1) is 11.8 Å². The van der Waals surface area contributed by atoms with Gasteiger partial charge in [0.15, 0.2) is 0 Å². The van der Waals surface area contributed by atoms with E-state index in [-0.39, 0.29) is 18.2 Å². The quantitative estimate of drug-likeness (QED) is 0.934. The Balaban J connectivity index is 1.55. The lowest BCUT2D eigenvalue weighted by molar-refractivity contribution is -0.149. The molecule has 0 spiro atoms. The van der Waals surface area contributed by atoms with Gasteiger partial charge in [0.1, 0.15) is 11.7 Å². The van der Waals surface area contributed by atoms with Crippen molar-refractivity contribution >= 4 is 17.5 Å². The normalized spacial score (nSPS) is 26.6. The van der Waals surface area contributed by atoms with Gasteiger partial charge in [-0.25, -0.2) is 9.78 Å². The number of fused-ring (bicyclic) bond motifs is 2. The van der Waals surface area contributed by atoms with Crippen LogP contribution >= 0.6 is 0 Å². The lowest BCUT2D eigenvalue weighted by Gasteiger charge is -2.24. The van der Waals surface area contributed by atoms with E-state index >= 15 is 0 Å². The van der Waals surface area contributed by atoms with Gasteiger partial charge in [-0.3, -0.25) is 4.79 Å². The van der Waals surface area contributed by atoms with Crippen molar-refractivity contribution in [2.24, 2.45) is 11.8 Å². The molecule has 2 aromatic heterocycles. The van der Waals surface area contributed by atoms with Crippen molar-refractivity contribution in [3.63, 3.8) is 0 Å². The van der Waals surface area contributed by atoms with Gasteiger partial charge in [0.25, 0.3) is 0 Å². The third-order valence-electron chi connectivity index (χ3n) is 5.21. The highest BCUT2D eigenvalue weighted by atomic mass is 16.4. The monoisotopic (exact) mass is 313 g/mol. The summed E-state index contributed by atoms with van der Waals surface area (Å²) >= 11 is 0. The first kappa shape index (κ1) is 14.2. The van der Waals surface area contributed by atoms with Crippen LogP contribution in [0.5, 0.6) is 0 Å². The predicted molar refractivity (Wildman–Crippen MR) is 82.9 cm³/mol. The summed E-state index contributed by atoms with van der Waals surface area (Å²) in [4.78, 5) is 30.3. The second-order valence-corrected chi connectivity index (χ2v) is 6.56. The maximum Gasteiger partial charge on any atom is 0.326 e. The first-order valence-corrected chi connectivity index (χ1v) is 8.08. The summed E-state index contributed by atoms with van der Waals surface area (Å²) < 4.78 is 1.87. The molecule has 0 radical (unpaired) electrons. The number of likely N-dealkylation sites (tertiary alicyclic amines) is 1. The van der Waals surface area contributed by atoms with Crippen molar-refractivity contribution in [3.8, 4) is 0 Å². The summed E-state index contributed by atoms with van der Waals surface area (Å²) in [5.74, 6) is -0.531. The van der Waals surface area contributed by atoms with Gasteiger partial charge < -0.3 is 14.4 Å². The molecule has 0 unspecified atom stereocenters. The standard InChI is InChI=1S/C17H19N3O3/c21-15(8-12-10-19-7-2-1-6-14(19)18-12)20-9-11-4-3-5-13(11)16(20)17(22)23/h1-2,6-7,10-11,13,16H,3-5,8-9H2,(H,22,23)/t11-,13+,16+/m1/s1. The van der Waals surface area contributed by atoms with Crippen LogP contribution in [-0.2, 0) is 16.0 Å². The molecule has 1 aliphatic carbocycles. The summed E-state index contributed by atoms with van der Waals surface area (Å²) in [6.07, 6.45) is 6.90. The van der Waals surface area contributed by atoms with Crippen molar-refractivity contribution in [2.45, 2.75) is 31.7 Å². The topological polar surface area (TPSA) is 74.9 Å². The Morgan fingerprint density at radius 1 is 1.30 bits per heavy atom. The Bertz CT molecular complexity index is 736. The van der Waals surface area contributed by atoms with Crippen molar-refractivity contribution in [1.29, 1.82) is 0 Å². The smallest absolute Gasteiger partial charge is 0.326 e. The zero-order chi connectivity index (χ0) is 16.0. The number of aromatic nitrogens is 2. The number of carboxylic acids is 1. The molecule has 1 aliphatic heterocycles. The Kier molecular flexibility index (Phi) is 3.32. The van der Waals surface area contributed by atoms with Crippen molar-refractivity contribution in [2.75, 3.05) is 6.54 Å². The SMILES string of the molecule is O=C(O)[C@@H]1[C@H]2CCC[C@@H]2CN1C(=O)Cc1cn2ccccc2n1. The zero-order valence-corrected chi connectivity index (χ0v) is 12.8. The maximum atomic E-state index is 12.7. The van der Waals surface area contributed by atoms with Gasteiger partial charge in [-0.2, -0.15) is 0 Å². The fourth-order valence-corrected chi connectivity index (χ4v) is 4.21. The van der Waals surface area contributed by atoms with Crippen LogP contribution in [-0.4, -0.2) is 43.9 Å². The molecule has 0 aromatic carbocycles. The van der Waals surface area contributed by atoms with E-state index in [0.717, 1.165) is 24.9 Å². The number of carboxylic acid groups (broad SMARTS) is 1. The van der Waals surface area contributed by atoms with E-state index in [1.165, 1.54) is 0 Å². The van der Waals surface area contributed by atoms with Gasteiger partial charge in [-0.15, -0.1) is 0 Å². The number of pyridine rings is 1. The molecular weight excluding hydrogens is 294 g/mol. The number of hydrogen-bond donors (Lipinski definition) is 1. The van der Waals surface area contributed by atoms with Crippen LogP contribution in [0.4, 0.5) is 0 Å². The molecule has 0 bridgehead atoms. The molecule has 3 atom stereocenters. The number of nitrogens with zero attached hydrogens (tertiary/aromatic N) is 3. The highest BCUT2D eigenvalue weighted by Gasteiger charge is 2.49. The van der Waals surface area contributed by atoms with Gasteiger partial charge in [0.05, 0.1) is 12.1 Å². The molecular formula is C17H19N3O3. The van der Waals surface area contributed by atoms with Crippen LogP contribution in [0.25, 0.3) is 5.65 Å². The lowest BCUT2D eigenvalue weighted by atomic mass is 9.94. The van der Waals surface area contributed by atoms with E-state index in [2.05, 4.69) is 4.98 Å². The molecule has 6 nitrogen and oxygen atoms in total.